The van der Waals surface area contributed by atoms with Crippen molar-refractivity contribution in [1.29, 1.82) is 5.41 Å². The number of aliphatic hydroxyl groups is 1. The number of aryl methyl sites for hydroxylation is 1. The summed E-state index contributed by atoms with van der Waals surface area (Å²) in [7, 11) is 0. The van der Waals surface area contributed by atoms with Crippen LogP contribution >= 0.6 is 0 Å². The molecule has 0 aliphatic carbocycles. The van der Waals surface area contributed by atoms with Gasteiger partial charge in [0.25, 0.3) is 0 Å². The second kappa shape index (κ2) is 3.67. The van der Waals surface area contributed by atoms with Crippen LogP contribution in [0.25, 0.3) is 5.57 Å². The summed E-state index contributed by atoms with van der Waals surface area (Å²) in [5, 5.41) is 15.7. The van der Waals surface area contributed by atoms with Crippen LogP contribution < -0.4 is 0 Å². The van der Waals surface area contributed by atoms with Gasteiger partial charge in [-0.15, -0.1) is 0 Å². The summed E-state index contributed by atoms with van der Waals surface area (Å²) in [6.45, 7) is 1.86. The molecule has 0 saturated carbocycles. The average Bonchev–Trinajstić information content (AvgIpc) is 2.07. The molecule has 1 aromatic heterocycles. The highest BCUT2D eigenvalue weighted by molar-refractivity contribution is 6.06. The van der Waals surface area contributed by atoms with Gasteiger partial charge >= 0.3 is 0 Å². The van der Waals surface area contributed by atoms with Gasteiger partial charge in [-0.3, -0.25) is 4.98 Å². The van der Waals surface area contributed by atoms with Crippen molar-refractivity contribution < 1.29 is 5.11 Å². The SMILES string of the molecule is Cc1cccc(/C(C=N)=C/O)n1. The van der Waals surface area contributed by atoms with Crippen molar-refractivity contribution in [3.63, 3.8) is 0 Å². The largest absolute Gasteiger partial charge is 0.515 e. The van der Waals surface area contributed by atoms with Crippen molar-refractivity contribution in [2.24, 2.45) is 0 Å². The molecule has 0 unspecified atom stereocenters. The fraction of sp³-hybridized carbons (Fsp3) is 0.111. The van der Waals surface area contributed by atoms with E-state index in [-0.39, 0.29) is 0 Å². The smallest absolute Gasteiger partial charge is 0.0901 e. The third kappa shape index (κ3) is 1.69. The molecular weight excluding hydrogens is 152 g/mol. The number of nitrogens with one attached hydrogen (secondary N) is 1. The maximum absolute atomic E-state index is 8.72. The summed E-state index contributed by atoms with van der Waals surface area (Å²) in [5.74, 6) is 0. The number of aromatic nitrogens is 1. The van der Waals surface area contributed by atoms with E-state index in [1.165, 1.54) is 0 Å². The molecule has 3 nitrogen and oxygen atoms in total. The van der Waals surface area contributed by atoms with Gasteiger partial charge in [-0.05, 0) is 19.1 Å². The van der Waals surface area contributed by atoms with Gasteiger partial charge in [-0.2, -0.15) is 0 Å². The fourth-order valence-corrected chi connectivity index (χ4v) is 0.881. The lowest BCUT2D eigenvalue weighted by atomic mass is 10.2. The molecule has 0 aliphatic rings. The molecule has 0 aliphatic heterocycles. The van der Waals surface area contributed by atoms with Crippen LogP contribution in [-0.4, -0.2) is 16.3 Å². The van der Waals surface area contributed by atoms with Crippen LogP contribution in [0.15, 0.2) is 24.5 Å². The quantitative estimate of drug-likeness (QED) is 0.515. The number of nitrogens with zero attached hydrogens (tertiary/aromatic N) is 1. The van der Waals surface area contributed by atoms with Crippen molar-refractivity contribution >= 4 is 11.8 Å². The summed E-state index contributed by atoms with van der Waals surface area (Å²) in [6, 6.07) is 5.45. The molecule has 62 valence electrons. The van der Waals surface area contributed by atoms with Gasteiger partial charge in [-0.1, -0.05) is 6.07 Å². The Labute approximate surface area is 70.9 Å². The second-order valence-electron chi connectivity index (χ2n) is 2.39. The van der Waals surface area contributed by atoms with Crippen LogP contribution in [0.5, 0.6) is 0 Å². The Morgan fingerprint density at radius 1 is 1.58 bits per heavy atom. The number of pyridine rings is 1. The lowest BCUT2D eigenvalue weighted by Gasteiger charge is -1.98. The van der Waals surface area contributed by atoms with Gasteiger partial charge in [0.05, 0.1) is 17.5 Å². The number of rotatable bonds is 2. The molecule has 0 radical (unpaired) electrons. The van der Waals surface area contributed by atoms with E-state index in [4.69, 9.17) is 10.5 Å². The highest BCUT2D eigenvalue weighted by Crippen LogP contribution is 2.08. The van der Waals surface area contributed by atoms with Crippen molar-refractivity contribution in [2.45, 2.75) is 6.92 Å². The number of hydrogen-bond donors (Lipinski definition) is 2. The van der Waals surface area contributed by atoms with E-state index in [1.807, 2.05) is 19.1 Å². The molecule has 0 saturated heterocycles. The maximum atomic E-state index is 8.72. The van der Waals surface area contributed by atoms with Gasteiger partial charge < -0.3 is 10.5 Å². The molecule has 0 atom stereocenters. The summed E-state index contributed by atoms with van der Waals surface area (Å²) < 4.78 is 0. The normalized spacial score (nSPS) is 11.2. The summed E-state index contributed by atoms with van der Waals surface area (Å²) in [4.78, 5) is 4.14. The van der Waals surface area contributed by atoms with Crippen LogP contribution in [0.2, 0.25) is 0 Å². The van der Waals surface area contributed by atoms with Gasteiger partial charge in [0.2, 0.25) is 0 Å². The molecule has 1 aromatic rings. The van der Waals surface area contributed by atoms with Gasteiger partial charge in [-0.25, -0.2) is 0 Å². The topological polar surface area (TPSA) is 57.0 Å². The molecule has 12 heavy (non-hydrogen) atoms. The lowest BCUT2D eigenvalue weighted by molar-refractivity contribution is 0.476. The predicted octanol–water partition coefficient (Wildman–Crippen LogP) is 1.94. The summed E-state index contributed by atoms with van der Waals surface area (Å²) in [6.07, 6.45) is 1.95. The Morgan fingerprint density at radius 3 is 2.83 bits per heavy atom. The van der Waals surface area contributed by atoms with Crippen LogP contribution in [0.1, 0.15) is 11.4 Å². The molecule has 0 aromatic carbocycles. The third-order valence-corrected chi connectivity index (χ3v) is 1.48. The molecule has 1 rings (SSSR count). The van der Waals surface area contributed by atoms with E-state index in [0.717, 1.165) is 18.2 Å². The minimum atomic E-state index is 0.415. The van der Waals surface area contributed by atoms with Crippen LogP contribution in [0, 0.1) is 12.3 Å². The maximum Gasteiger partial charge on any atom is 0.0901 e. The Bertz CT molecular complexity index is 318. The Morgan fingerprint density at radius 2 is 2.33 bits per heavy atom. The number of hydrogen-bond acceptors (Lipinski definition) is 3. The first kappa shape index (κ1) is 8.46. The average molecular weight is 162 g/mol. The number of aliphatic hydroxyl groups excluding tert-OH is 1. The zero-order valence-corrected chi connectivity index (χ0v) is 6.78. The first-order valence-corrected chi connectivity index (χ1v) is 3.57. The van der Waals surface area contributed by atoms with Gasteiger partial charge in [0, 0.05) is 11.9 Å². The highest BCUT2D eigenvalue weighted by Gasteiger charge is 1.98. The van der Waals surface area contributed by atoms with Crippen molar-refractivity contribution in [2.75, 3.05) is 0 Å². The molecule has 0 amide bonds. The van der Waals surface area contributed by atoms with Crippen molar-refractivity contribution in [3.05, 3.63) is 35.8 Å². The van der Waals surface area contributed by atoms with E-state index in [9.17, 15) is 0 Å². The third-order valence-electron chi connectivity index (χ3n) is 1.48. The Kier molecular flexibility index (Phi) is 2.58. The van der Waals surface area contributed by atoms with Gasteiger partial charge in [0.15, 0.2) is 0 Å². The first-order chi connectivity index (χ1) is 5.77. The molecular formula is C9H10N2O. The molecule has 0 spiro atoms. The fourth-order valence-electron chi connectivity index (χ4n) is 0.881. The predicted molar refractivity (Wildman–Crippen MR) is 48.4 cm³/mol. The molecule has 0 fully saturated rings. The lowest BCUT2D eigenvalue weighted by Crippen LogP contribution is -1.91. The zero-order valence-electron chi connectivity index (χ0n) is 6.78. The molecule has 0 bridgehead atoms. The van der Waals surface area contributed by atoms with E-state index < -0.39 is 0 Å². The molecule has 1 heterocycles. The minimum absolute atomic E-state index is 0.415. The van der Waals surface area contributed by atoms with Crippen LogP contribution in [0.3, 0.4) is 0 Å². The molecule has 3 heteroatoms. The zero-order chi connectivity index (χ0) is 8.97. The van der Waals surface area contributed by atoms with Crippen molar-refractivity contribution in [1.82, 2.24) is 4.98 Å². The summed E-state index contributed by atoms with van der Waals surface area (Å²) >= 11 is 0. The van der Waals surface area contributed by atoms with Crippen LogP contribution in [0.4, 0.5) is 0 Å². The second-order valence-corrected chi connectivity index (χ2v) is 2.39. The highest BCUT2D eigenvalue weighted by atomic mass is 16.2. The van der Waals surface area contributed by atoms with Gasteiger partial charge in [0.1, 0.15) is 0 Å². The van der Waals surface area contributed by atoms with Crippen LogP contribution in [-0.2, 0) is 0 Å². The van der Waals surface area contributed by atoms with E-state index in [1.54, 1.807) is 6.07 Å². The Hall–Kier alpha value is -1.64. The molecule has 2 N–H and O–H groups in total. The first-order valence-electron chi connectivity index (χ1n) is 3.57. The van der Waals surface area contributed by atoms with Crippen molar-refractivity contribution in [3.8, 4) is 0 Å². The number of allylic oxidation sites excluding steroid dienone is 1. The summed E-state index contributed by atoms with van der Waals surface area (Å²) in [5.41, 5.74) is 1.90. The van der Waals surface area contributed by atoms with E-state index >= 15 is 0 Å². The Balaban J connectivity index is 3.10. The monoisotopic (exact) mass is 162 g/mol. The minimum Gasteiger partial charge on any atom is -0.515 e. The van der Waals surface area contributed by atoms with E-state index in [0.29, 0.717) is 11.3 Å². The van der Waals surface area contributed by atoms with E-state index in [2.05, 4.69) is 4.98 Å². The standard InChI is InChI=1S/C9H10N2O/c1-7-3-2-4-9(11-7)8(5-10)6-12/h2-6,10,12H,1H3/b8-6+,10-5?.